The number of H-pyrrole nitrogens is 1. The third kappa shape index (κ3) is 1.63. The molecule has 0 aliphatic heterocycles. The molecule has 1 N–H and O–H groups in total. The van der Waals surface area contributed by atoms with Gasteiger partial charge in [-0.1, -0.05) is 18.9 Å². The molecule has 1 saturated carbocycles. The van der Waals surface area contributed by atoms with Crippen LogP contribution in [0.2, 0.25) is 0 Å². The zero-order valence-electron chi connectivity index (χ0n) is 8.98. The molecule has 1 fully saturated rings. The number of aromatic amines is 1. The van der Waals surface area contributed by atoms with Crippen molar-refractivity contribution in [3.63, 3.8) is 0 Å². The van der Waals surface area contributed by atoms with E-state index in [2.05, 4.69) is 5.10 Å². The summed E-state index contributed by atoms with van der Waals surface area (Å²) in [5.74, 6) is 0. The van der Waals surface area contributed by atoms with E-state index in [-0.39, 0.29) is 5.56 Å². The summed E-state index contributed by atoms with van der Waals surface area (Å²) in [6.07, 6.45) is 4.74. The summed E-state index contributed by atoms with van der Waals surface area (Å²) in [6.45, 7) is 0. The van der Waals surface area contributed by atoms with E-state index in [1.807, 2.05) is 22.2 Å². The molecule has 0 amide bonds. The highest BCUT2D eigenvalue weighted by Crippen LogP contribution is 2.29. The predicted molar refractivity (Wildman–Crippen MR) is 65.9 cm³/mol. The van der Waals surface area contributed by atoms with Gasteiger partial charge >= 0.3 is 0 Å². The normalized spacial score (nSPS) is 17.0. The van der Waals surface area contributed by atoms with Crippen molar-refractivity contribution >= 4 is 11.3 Å². The monoisotopic (exact) mass is 234 g/mol. The largest absolute Gasteiger partial charge is 0.294 e. The van der Waals surface area contributed by atoms with E-state index in [4.69, 9.17) is 0 Å². The summed E-state index contributed by atoms with van der Waals surface area (Å²) < 4.78 is 1.81. The second kappa shape index (κ2) is 3.94. The van der Waals surface area contributed by atoms with Gasteiger partial charge < -0.3 is 0 Å². The maximum Gasteiger partial charge on any atom is 0.267 e. The maximum absolute atomic E-state index is 11.9. The minimum absolute atomic E-state index is 0.107. The van der Waals surface area contributed by atoms with Crippen molar-refractivity contribution in [1.29, 1.82) is 0 Å². The molecular formula is C12H14N2OS. The van der Waals surface area contributed by atoms with E-state index in [1.165, 1.54) is 12.8 Å². The Bertz CT molecular complexity index is 517. The zero-order valence-corrected chi connectivity index (χ0v) is 9.80. The third-order valence-corrected chi connectivity index (χ3v) is 4.13. The molecule has 0 radical (unpaired) electrons. The summed E-state index contributed by atoms with van der Waals surface area (Å²) in [7, 11) is 0. The van der Waals surface area contributed by atoms with Crippen molar-refractivity contribution in [2.24, 2.45) is 0 Å². The molecule has 84 valence electrons. The number of nitrogens with zero attached hydrogens (tertiary/aromatic N) is 1. The Balaban J connectivity index is 1.98. The number of hydrogen-bond donors (Lipinski definition) is 1. The lowest BCUT2D eigenvalue weighted by atomic mass is 10.3. The van der Waals surface area contributed by atoms with E-state index >= 15 is 0 Å². The van der Waals surface area contributed by atoms with E-state index in [0.717, 1.165) is 23.4 Å². The maximum atomic E-state index is 11.9. The van der Waals surface area contributed by atoms with Gasteiger partial charge in [-0.25, -0.2) is 4.68 Å². The van der Waals surface area contributed by atoms with Crippen LogP contribution in [0, 0.1) is 0 Å². The Kier molecular flexibility index (Phi) is 2.44. The second-order valence-electron chi connectivity index (χ2n) is 4.29. The summed E-state index contributed by atoms with van der Waals surface area (Å²) in [5.41, 5.74) is 1.06. The molecule has 1 aliphatic carbocycles. The molecule has 0 aromatic carbocycles. The molecule has 0 bridgehead atoms. The van der Waals surface area contributed by atoms with Crippen LogP contribution in [-0.2, 0) is 0 Å². The molecule has 0 saturated heterocycles. The average Bonchev–Trinajstić information content (AvgIpc) is 2.97. The number of thiophene rings is 1. The standard InChI is InChI=1S/C12H14N2OS/c15-12-8-10(11-6-3-7-16-11)13-14(12)9-4-1-2-5-9/h3,6-9,13H,1-2,4-5H2. The first kappa shape index (κ1) is 9.90. The van der Waals surface area contributed by atoms with Crippen LogP contribution in [0.1, 0.15) is 31.7 Å². The molecule has 4 heteroatoms. The van der Waals surface area contributed by atoms with Gasteiger partial charge in [0.05, 0.1) is 16.6 Å². The minimum atomic E-state index is 0.107. The molecule has 0 atom stereocenters. The molecule has 3 nitrogen and oxygen atoms in total. The number of hydrogen-bond acceptors (Lipinski definition) is 2. The first-order valence-corrected chi connectivity index (χ1v) is 6.58. The lowest BCUT2D eigenvalue weighted by molar-refractivity contribution is 0.455. The smallest absolute Gasteiger partial charge is 0.267 e. The van der Waals surface area contributed by atoms with Gasteiger partial charge in [-0.15, -0.1) is 11.3 Å². The van der Waals surface area contributed by atoms with Crippen molar-refractivity contribution in [1.82, 2.24) is 9.78 Å². The lowest BCUT2D eigenvalue weighted by Gasteiger charge is -2.09. The predicted octanol–water partition coefficient (Wildman–Crippen LogP) is 3.02. The fraction of sp³-hybridized carbons (Fsp3) is 0.417. The van der Waals surface area contributed by atoms with E-state index in [9.17, 15) is 4.79 Å². The SMILES string of the molecule is O=c1cc(-c2cccs2)[nH]n1C1CCCC1. The van der Waals surface area contributed by atoms with Crippen LogP contribution >= 0.6 is 11.3 Å². The van der Waals surface area contributed by atoms with Crippen LogP contribution in [0.4, 0.5) is 0 Å². The van der Waals surface area contributed by atoms with Crippen LogP contribution < -0.4 is 5.56 Å². The number of rotatable bonds is 2. The third-order valence-electron chi connectivity index (χ3n) is 3.22. The highest BCUT2D eigenvalue weighted by molar-refractivity contribution is 7.13. The molecule has 2 heterocycles. The Hall–Kier alpha value is -1.29. The van der Waals surface area contributed by atoms with Crippen LogP contribution in [0.5, 0.6) is 0 Å². The van der Waals surface area contributed by atoms with E-state index in [0.29, 0.717) is 6.04 Å². The summed E-state index contributed by atoms with van der Waals surface area (Å²) >= 11 is 1.66. The van der Waals surface area contributed by atoms with Crippen molar-refractivity contribution < 1.29 is 0 Å². The zero-order chi connectivity index (χ0) is 11.0. The van der Waals surface area contributed by atoms with Gasteiger partial charge in [0.25, 0.3) is 5.56 Å². The second-order valence-corrected chi connectivity index (χ2v) is 5.24. The Morgan fingerprint density at radius 3 is 2.88 bits per heavy atom. The van der Waals surface area contributed by atoms with Crippen LogP contribution in [0.15, 0.2) is 28.4 Å². The van der Waals surface area contributed by atoms with Crippen LogP contribution in [-0.4, -0.2) is 9.78 Å². The molecule has 1 aliphatic rings. The van der Waals surface area contributed by atoms with Gasteiger partial charge in [0.1, 0.15) is 0 Å². The number of nitrogens with one attached hydrogen (secondary N) is 1. The fourth-order valence-corrected chi connectivity index (χ4v) is 3.09. The molecule has 0 unspecified atom stereocenters. The summed E-state index contributed by atoms with van der Waals surface area (Å²) in [5, 5.41) is 5.27. The van der Waals surface area contributed by atoms with Crippen LogP contribution in [0.25, 0.3) is 10.6 Å². The van der Waals surface area contributed by atoms with Gasteiger partial charge in [0, 0.05) is 6.07 Å². The molecule has 3 rings (SSSR count). The molecule has 16 heavy (non-hydrogen) atoms. The van der Waals surface area contributed by atoms with Crippen LogP contribution in [0.3, 0.4) is 0 Å². The van der Waals surface area contributed by atoms with E-state index < -0.39 is 0 Å². The Morgan fingerprint density at radius 2 is 2.19 bits per heavy atom. The average molecular weight is 234 g/mol. The molecule has 2 aromatic heterocycles. The molecule has 0 spiro atoms. The van der Waals surface area contributed by atoms with Crippen molar-refractivity contribution in [2.75, 3.05) is 0 Å². The van der Waals surface area contributed by atoms with Crippen molar-refractivity contribution in [3.05, 3.63) is 33.9 Å². The van der Waals surface area contributed by atoms with Gasteiger partial charge in [-0.3, -0.25) is 9.89 Å². The highest BCUT2D eigenvalue weighted by atomic mass is 32.1. The topological polar surface area (TPSA) is 37.8 Å². The van der Waals surface area contributed by atoms with Gasteiger partial charge in [0.2, 0.25) is 0 Å². The lowest BCUT2D eigenvalue weighted by Crippen LogP contribution is -2.19. The van der Waals surface area contributed by atoms with Gasteiger partial charge in [0.15, 0.2) is 0 Å². The highest BCUT2D eigenvalue weighted by Gasteiger charge is 2.19. The van der Waals surface area contributed by atoms with Crippen molar-refractivity contribution in [3.8, 4) is 10.6 Å². The first-order valence-electron chi connectivity index (χ1n) is 5.70. The first-order chi connectivity index (χ1) is 7.84. The Morgan fingerprint density at radius 1 is 1.38 bits per heavy atom. The molecule has 2 aromatic rings. The Labute approximate surface area is 97.7 Å². The fourth-order valence-electron chi connectivity index (χ4n) is 2.40. The minimum Gasteiger partial charge on any atom is -0.294 e. The van der Waals surface area contributed by atoms with Gasteiger partial charge in [-0.05, 0) is 24.3 Å². The summed E-state index contributed by atoms with van der Waals surface area (Å²) in [4.78, 5) is 13.0. The van der Waals surface area contributed by atoms with Crippen molar-refractivity contribution in [2.45, 2.75) is 31.7 Å². The summed E-state index contributed by atoms with van der Waals surface area (Å²) in [6, 6.07) is 6.14. The molecular weight excluding hydrogens is 220 g/mol. The quantitative estimate of drug-likeness (QED) is 0.852. The number of aromatic nitrogens is 2. The van der Waals surface area contributed by atoms with Gasteiger partial charge in [-0.2, -0.15) is 0 Å². The van der Waals surface area contributed by atoms with E-state index in [1.54, 1.807) is 17.4 Å².